The van der Waals surface area contributed by atoms with Crippen LogP contribution in [0.4, 0.5) is 0 Å². The van der Waals surface area contributed by atoms with Crippen molar-refractivity contribution in [2.75, 3.05) is 13.2 Å². The molecule has 1 aliphatic rings. The van der Waals surface area contributed by atoms with E-state index < -0.39 is 0 Å². The molecule has 0 amide bonds. The van der Waals surface area contributed by atoms with Gasteiger partial charge in [-0.3, -0.25) is 0 Å². The summed E-state index contributed by atoms with van der Waals surface area (Å²) in [4.78, 5) is 0. The summed E-state index contributed by atoms with van der Waals surface area (Å²) < 4.78 is 7.21. The second kappa shape index (κ2) is 5.41. The van der Waals surface area contributed by atoms with Crippen molar-refractivity contribution in [2.45, 2.75) is 45.3 Å². The molecule has 1 saturated carbocycles. The third-order valence-electron chi connectivity index (χ3n) is 3.14. The van der Waals surface area contributed by atoms with Gasteiger partial charge in [-0.15, -0.1) is 5.10 Å². The molecule has 16 heavy (non-hydrogen) atoms. The second-order valence-electron chi connectivity index (χ2n) is 4.13. The van der Waals surface area contributed by atoms with Crippen LogP contribution in [0.15, 0.2) is 0 Å². The molecule has 0 atom stereocenters. The summed E-state index contributed by atoms with van der Waals surface area (Å²) in [6.07, 6.45) is 3.65. The number of ether oxygens (including phenoxy) is 1. The molecule has 0 unspecified atom stereocenters. The Hall–Kier alpha value is -0.940. The van der Waals surface area contributed by atoms with Gasteiger partial charge in [0.05, 0.1) is 25.5 Å². The summed E-state index contributed by atoms with van der Waals surface area (Å²) in [6, 6.07) is 0. The SMILES string of the molecule is CCOCCn1nnc(CO)c1C1CCC1. The Morgan fingerprint density at radius 1 is 1.50 bits per heavy atom. The Labute approximate surface area is 95.4 Å². The van der Waals surface area contributed by atoms with Gasteiger partial charge in [-0.25, -0.2) is 4.68 Å². The molecule has 1 heterocycles. The minimum Gasteiger partial charge on any atom is -0.390 e. The van der Waals surface area contributed by atoms with Crippen molar-refractivity contribution >= 4 is 0 Å². The van der Waals surface area contributed by atoms with Crippen LogP contribution in [0.2, 0.25) is 0 Å². The van der Waals surface area contributed by atoms with Gasteiger partial charge in [0.2, 0.25) is 0 Å². The summed E-state index contributed by atoms with van der Waals surface area (Å²) in [6.45, 7) is 4.07. The van der Waals surface area contributed by atoms with Gasteiger partial charge in [0.25, 0.3) is 0 Å². The molecular weight excluding hydrogens is 206 g/mol. The molecule has 5 heteroatoms. The zero-order valence-electron chi connectivity index (χ0n) is 9.72. The first kappa shape index (κ1) is 11.5. The molecule has 1 aliphatic carbocycles. The number of hydrogen-bond acceptors (Lipinski definition) is 4. The Bertz CT molecular complexity index is 334. The highest BCUT2D eigenvalue weighted by molar-refractivity contribution is 5.17. The first-order chi connectivity index (χ1) is 7.86. The van der Waals surface area contributed by atoms with E-state index in [9.17, 15) is 5.11 Å². The molecule has 0 bridgehead atoms. The summed E-state index contributed by atoms with van der Waals surface area (Å²) in [7, 11) is 0. The zero-order chi connectivity index (χ0) is 11.4. The second-order valence-corrected chi connectivity index (χ2v) is 4.13. The van der Waals surface area contributed by atoms with E-state index in [1.165, 1.54) is 19.3 Å². The van der Waals surface area contributed by atoms with Gasteiger partial charge >= 0.3 is 0 Å². The summed E-state index contributed by atoms with van der Waals surface area (Å²) >= 11 is 0. The van der Waals surface area contributed by atoms with Gasteiger partial charge in [0.15, 0.2) is 0 Å². The molecule has 0 aromatic carbocycles. The number of hydrogen-bond donors (Lipinski definition) is 1. The first-order valence-corrected chi connectivity index (χ1v) is 5.97. The molecule has 2 rings (SSSR count). The van der Waals surface area contributed by atoms with E-state index in [-0.39, 0.29) is 6.61 Å². The van der Waals surface area contributed by atoms with Crippen molar-refractivity contribution in [3.05, 3.63) is 11.4 Å². The van der Waals surface area contributed by atoms with Crippen LogP contribution in [0, 0.1) is 0 Å². The van der Waals surface area contributed by atoms with Crippen LogP contribution in [-0.2, 0) is 17.9 Å². The fourth-order valence-corrected chi connectivity index (χ4v) is 2.06. The van der Waals surface area contributed by atoms with Crippen molar-refractivity contribution in [3.8, 4) is 0 Å². The predicted octanol–water partition coefficient (Wildman–Crippen LogP) is 1.07. The van der Waals surface area contributed by atoms with Crippen LogP contribution in [0.1, 0.15) is 43.5 Å². The van der Waals surface area contributed by atoms with Crippen molar-refractivity contribution in [2.24, 2.45) is 0 Å². The zero-order valence-corrected chi connectivity index (χ0v) is 9.72. The van der Waals surface area contributed by atoms with Gasteiger partial charge < -0.3 is 9.84 Å². The maximum absolute atomic E-state index is 9.22. The van der Waals surface area contributed by atoms with Gasteiger partial charge in [0.1, 0.15) is 5.69 Å². The number of aliphatic hydroxyl groups is 1. The molecule has 1 aromatic heterocycles. The highest BCUT2D eigenvalue weighted by Gasteiger charge is 2.27. The topological polar surface area (TPSA) is 60.2 Å². The van der Waals surface area contributed by atoms with Crippen molar-refractivity contribution in [3.63, 3.8) is 0 Å². The molecule has 1 N–H and O–H groups in total. The van der Waals surface area contributed by atoms with Crippen LogP contribution in [0.25, 0.3) is 0 Å². The van der Waals surface area contributed by atoms with Crippen molar-refractivity contribution in [1.82, 2.24) is 15.0 Å². The molecule has 1 aromatic rings. The lowest BCUT2D eigenvalue weighted by Gasteiger charge is -2.26. The third kappa shape index (κ3) is 2.25. The summed E-state index contributed by atoms with van der Waals surface area (Å²) in [5.41, 5.74) is 1.86. The average Bonchev–Trinajstić information content (AvgIpc) is 2.60. The predicted molar refractivity (Wildman–Crippen MR) is 59.0 cm³/mol. The van der Waals surface area contributed by atoms with E-state index in [2.05, 4.69) is 10.3 Å². The largest absolute Gasteiger partial charge is 0.390 e. The Morgan fingerprint density at radius 2 is 2.31 bits per heavy atom. The number of aromatic nitrogens is 3. The molecular formula is C11H19N3O2. The lowest BCUT2D eigenvalue weighted by Crippen LogP contribution is -2.18. The highest BCUT2D eigenvalue weighted by Crippen LogP contribution is 2.37. The third-order valence-corrected chi connectivity index (χ3v) is 3.14. The fourth-order valence-electron chi connectivity index (χ4n) is 2.06. The lowest BCUT2D eigenvalue weighted by atomic mass is 9.82. The smallest absolute Gasteiger partial charge is 0.112 e. The normalized spacial score (nSPS) is 16.4. The van der Waals surface area contributed by atoms with Crippen molar-refractivity contribution in [1.29, 1.82) is 0 Å². The molecule has 0 saturated heterocycles. The van der Waals surface area contributed by atoms with E-state index >= 15 is 0 Å². The van der Waals surface area contributed by atoms with Crippen LogP contribution >= 0.6 is 0 Å². The molecule has 0 aliphatic heterocycles. The van der Waals surface area contributed by atoms with Crippen LogP contribution < -0.4 is 0 Å². The number of nitrogens with zero attached hydrogens (tertiary/aromatic N) is 3. The van der Waals surface area contributed by atoms with Gasteiger partial charge in [-0.05, 0) is 19.8 Å². The molecule has 0 radical (unpaired) electrons. The molecule has 5 nitrogen and oxygen atoms in total. The molecule has 0 spiro atoms. The van der Waals surface area contributed by atoms with Crippen LogP contribution in [0.5, 0.6) is 0 Å². The van der Waals surface area contributed by atoms with Gasteiger partial charge in [0, 0.05) is 12.5 Å². The van der Waals surface area contributed by atoms with Gasteiger partial charge in [-0.2, -0.15) is 0 Å². The summed E-state index contributed by atoms with van der Waals surface area (Å²) in [5.74, 6) is 0.541. The average molecular weight is 225 g/mol. The van der Waals surface area contributed by atoms with E-state index in [0.717, 1.165) is 24.5 Å². The standard InChI is InChI=1S/C11H19N3O2/c1-2-16-7-6-14-11(9-4-3-5-9)10(8-15)12-13-14/h9,15H,2-8H2,1H3. The Morgan fingerprint density at radius 3 is 2.88 bits per heavy atom. The monoisotopic (exact) mass is 225 g/mol. The van der Waals surface area contributed by atoms with E-state index in [1.54, 1.807) is 0 Å². The van der Waals surface area contributed by atoms with Crippen LogP contribution in [-0.4, -0.2) is 33.3 Å². The number of rotatable bonds is 6. The van der Waals surface area contributed by atoms with Gasteiger partial charge in [-0.1, -0.05) is 11.6 Å². The van der Waals surface area contributed by atoms with E-state index in [0.29, 0.717) is 12.5 Å². The van der Waals surface area contributed by atoms with E-state index in [4.69, 9.17) is 4.74 Å². The Kier molecular flexibility index (Phi) is 3.90. The fraction of sp³-hybridized carbons (Fsp3) is 0.818. The maximum atomic E-state index is 9.22. The van der Waals surface area contributed by atoms with E-state index in [1.807, 2.05) is 11.6 Å². The van der Waals surface area contributed by atoms with Crippen LogP contribution in [0.3, 0.4) is 0 Å². The highest BCUT2D eigenvalue weighted by atomic mass is 16.5. The Balaban J connectivity index is 2.07. The van der Waals surface area contributed by atoms with Crippen molar-refractivity contribution < 1.29 is 9.84 Å². The first-order valence-electron chi connectivity index (χ1n) is 5.97. The quantitative estimate of drug-likeness (QED) is 0.736. The minimum atomic E-state index is -0.0134. The molecule has 1 fully saturated rings. The lowest BCUT2D eigenvalue weighted by molar-refractivity contribution is 0.134. The number of aliphatic hydroxyl groups excluding tert-OH is 1. The maximum Gasteiger partial charge on any atom is 0.112 e. The molecule has 90 valence electrons. The minimum absolute atomic E-state index is 0.0134. The summed E-state index contributed by atoms with van der Waals surface area (Å²) in [5, 5.41) is 17.3.